The predicted molar refractivity (Wildman–Crippen MR) is 182 cm³/mol. The molecule has 44 heavy (non-hydrogen) atoms. The molecule has 6 nitrogen and oxygen atoms in total. The van der Waals surface area contributed by atoms with E-state index in [1.54, 1.807) is 13.2 Å². The number of fused-ring (bicyclic) bond motifs is 4. The number of methoxy groups -OCH3 is 1. The third kappa shape index (κ3) is 6.29. The molecule has 2 aromatic rings. The van der Waals surface area contributed by atoms with Crippen LogP contribution in [0.4, 0.5) is 5.69 Å². The van der Waals surface area contributed by atoms with Crippen LogP contribution < -0.4 is 14.4 Å². The Morgan fingerprint density at radius 2 is 2.02 bits per heavy atom. The molecule has 2 aliphatic carbocycles. The molecule has 0 aromatic heterocycles. The second-order valence-corrected chi connectivity index (χ2v) is 16.6. The van der Waals surface area contributed by atoms with Crippen molar-refractivity contribution in [2.75, 3.05) is 38.3 Å². The van der Waals surface area contributed by atoms with Gasteiger partial charge in [0.05, 0.1) is 22.0 Å². The number of allylic oxidation sites excluding steroid dienone is 2. The molecular weight excluding hydrogens is 592 g/mol. The molecule has 1 saturated carbocycles. The molecule has 1 amide bonds. The third-order valence-electron chi connectivity index (χ3n) is 10.9. The van der Waals surface area contributed by atoms with Crippen molar-refractivity contribution in [3.8, 4) is 5.75 Å². The van der Waals surface area contributed by atoms with E-state index in [1.165, 1.54) is 24.0 Å². The van der Waals surface area contributed by atoms with Gasteiger partial charge in [-0.05, 0) is 123 Å². The van der Waals surface area contributed by atoms with E-state index in [9.17, 15) is 9.00 Å². The van der Waals surface area contributed by atoms with E-state index in [0.29, 0.717) is 36.5 Å². The summed E-state index contributed by atoms with van der Waals surface area (Å²) in [6, 6.07) is 12.0. The summed E-state index contributed by atoms with van der Waals surface area (Å²) in [5, 5.41) is 0.493. The van der Waals surface area contributed by atoms with Gasteiger partial charge in [0.2, 0.25) is 0 Å². The van der Waals surface area contributed by atoms with Crippen molar-refractivity contribution in [1.29, 1.82) is 0 Å². The van der Waals surface area contributed by atoms with Crippen LogP contribution in [-0.2, 0) is 26.3 Å². The number of aryl methyl sites for hydroxylation is 1. The van der Waals surface area contributed by atoms with Gasteiger partial charge in [-0.2, -0.15) is 0 Å². The molecule has 1 N–H and O–H groups in total. The molecule has 238 valence electrons. The minimum atomic E-state index is -2.90. The topological polar surface area (TPSA) is 67.9 Å². The number of ether oxygens (including phenoxy) is 2. The number of halogens is 1. The molecule has 2 aromatic carbocycles. The van der Waals surface area contributed by atoms with Crippen molar-refractivity contribution in [3.05, 3.63) is 70.3 Å². The highest BCUT2D eigenvalue weighted by atomic mass is 35.5. The van der Waals surface area contributed by atoms with Gasteiger partial charge in [0.15, 0.2) is 0 Å². The Bertz CT molecular complexity index is 1520. The first kappa shape index (κ1) is 31.5. The Hall–Kier alpha value is -2.48. The summed E-state index contributed by atoms with van der Waals surface area (Å²) in [4.78, 5) is 16.1. The van der Waals surface area contributed by atoms with Crippen LogP contribution in [0, 0.1) is 23.7 Å². The predicted octanol–water partition coefficient (Wildman–Crippen LogP) is 6.84. The number of rotatable bonds is 3. The van der Waals surface area contributed by atoms with E-state index in [4.69, 9.17) is 21.1 Å². The maximum Gasteiger partial charge on any atom is 0.262 e. The number of benzene rings is 2. The van der Waals surface area contributed by atoms with E-state index in [2.05, 4.69) is 46.7 Å². The second kappa shape index (κ2) is 12.7. The summed E-state index contributed by atoms with van der Waals surface area (Å²) < 4.78 is 28.8. The monoisotopic (exact) mass is 638 g/mol. The van der Waals surface area contributed by atoms with E-state index in [1.807, 2.05) is 25.1 Å². The first-order chi connectivity index (χ1) is 21.1. The summed E-state index contributed by atoms with van der Waals surface area (Å²) in [7, 11) is -1.16. The SMILES string of the molecule is C=S1(=O)NC(=O)c2ccc3c(c2)N(C[C@@H]2CC[C@H]2/C=C/[C@@H](CCOC)C[C@H](C)[C@H]1C)C[C@@]1(CCCc2cc(Cl)ccc21)CO3. The van der Waals surface area contributed by atoms with Gasteiger partial charge in [0.1, 0.15) is 5.75 Å². The fraction of sp³-hybridized carbons (Fsp3) is 0.556. The zero-order valence-electron chi connectivity index (χ0n) is 26.4. The number of carbonyl (C=O) groups is 1. The van der Waals surface area contributed by atoms with E-state index in [0.717, 1.165) is 61.7 Å². The Labute approximate surface area is 268 Å². The first-order valence-corrected chi connectivity index (χ1v) is 18.4. The highest BCUT2D eigenvalue weighted by Crippen LogP contribution is 2.46. The van der Waals surface area contributed by atoms with Gasteiger partial charge in [0, 0.05) is 48.1 Å². The molecule has 2 heterocycles. The lowest BCUT2D eigenvalue weighted by atomic mass is 9.69. The Kier molecular flexibility index (Phi) is 9.11. The summed E-state index contributed by atoms with van der Waals surface area (Å²) in [6.07, 6.45) is 12.1. The minimum Gasteiger partial charge on any atom is -0.490 e. The number of amides is 1. The Morgan fingerprint density at radius 3 is 2.80 bits per heavy atom. The second-order valence-electron chi connectivity index (χ2n) is 13.8. The first-order valence-electron chi connectivity index (χ1n) is 16.2. The molecule has 0 radical (unpaired) electrons. The molecule has 2 aliphatic heterocycles. The quantitative estimate of drug-likeness (QED) is 0.295. The van der Waals surface area contributed by atoms with Crippen LogP contribution in [0.25, 0.3) is 0 Å². The highest BCUT2D eigenvalue weighted by molar-refractivity contribution is 7.99. The lowest BCUT2D eigenvalue weighted by Gasteiger charge is -2.44. The van der Waals surface area contributed by atoms with Crippen LogP contribution in [0.5, 0.6) is 5.75 Å². The van der Waals surface area contributed by atoms with Crippen LogP contribution in [0.2, 0.25) is 5.02 Å². The van der Waals surface area contributed by atoms with Crippen molar-refractivity contribution >= 4 is 38.8 Å². The Morgan fingerprint density at radius 1 is 1.18 bits per heavy atom. The van der Waals surface area contributed by atoms with Crippen molar-refractivity contribution < 1.29 is 18.5 Å². The smallest absolute Gasteiger partial charge is 0.262 e. The number of anilines is 1. The lowest BCUT2D eigenvalue weighted by Crippen LogP contribution is -2.48. The van der Waals surface area contributed by atoms with E-state index < -0.39 is 9.71 Å². The number of carbonyl (C=O) groups excluding carboxylic acids is 1. The van der Waals surface area contributed by atoms with Gasteiger partial charge in [-0.25, -0.2) is 4.21 Å². The maximum atomic E-state index is 13.9. The number of nitrogens with zero attached hydrogens (tertiary/aromatic N) is 1. The summed E-state index contributed by atoms with van der Waals surface area (Å²) >= 11 is 6.44. The van der Waals surface area contributed by atoms with Crippen molar-refractivity contribution in [2.24, 2.45) is 23.7 Å². The van der Waals surface area contributed by atoms with Gasteiger partial charge in [-0.15, -0.1) is 0 Å². The zero-order chi connectivity index (χ0) is 31.1. The third-order valence-corrected chi connectivity index (χ3v) is 13.3. The molecule has 4 aliphatic rings. The number of hydrogen-bond donors (Lipinski definition) is 1. The Balaban J connectivity index is 1.40. The highest BCUT2D eigenvalue weighted by Gasteiger charge is 2.43. The van der Waals surface area contributed by atoms with Crippen LogP contribution in [0.15, 0.2) is 48.6 Å². The van der Waals surface area contributed by atoms with Crippen LogP contribution in [0.3, 0.4) is 0 Å². The van der Waals surface area contributed by atoms with Gasteiger partial charge >= 0.3 is 0 Å². The fourth-order valence-corrected chi connectivity index (χ4v) is 9.50. The van der Waals surface area contributed by atoms with Gasteiger partial charge in [-0.3, -0.25) is 9.52 Å². The minimum absolute atomic E-state index is 0.109. The molecule has 2 bridgehead atoms. The average molecular weight is 639 g/mol. The molecule has 8 heteroatoms. The molecule has 1 unspecified atom stereocenters. The van der Waals surface area contributed by atoms with Gasteiger partial charge in [0.25, 0.3) is 5.91 Å². The summed E-state index contributed by atoms with van der Waals surface area (Å²) in [5.41, 5.74) is 3.89. The van der Waals surface area contributed by atoms with Crippen molar-refractivity contribution in [3.63, 3.8) is 0 Å². The largest absolute Gasteiger partial charge is 0.490 e. The molecule has 6 rings (SSSR count). The van der Waals surface area contributed by atoms with Crippen molar-refractivity contribution in [1.82, 2.24) is 4.72 Å². The molecular formula is C36H47ClN2O4S. The summed E-state index contributed by atoms with van der Waals surface area (Å²) in [6.45, 7) is 7.03. The standard InChI is InChI=1S/C36H47ClN2O4S/c1-24-18-26(15-17-42-3)7-8-27-9-10-30(27)21-39-22-36(16-5-6-28-19-31(37)12-13-32(28)36)23-43-34-14-11-29(20-33(34)39)35(40)38-44(4,41)25(24)2/h7-8,11-14,19-20,24-27,30H,4-6,9-10,15-18,21-23H2,1-3H3,(H,38,40,41)/b8-7+/t24-,25+,26-,27+,30-,36-,44?/m0/s1. The summed E-state index contributed by atoms with van der Waals surface area (Å²) in [5.74, 6) is 5.93. The maximum absolute atomic E-state index is 13.9. The molecule has 1 fully saturated rings. The van der Waals surface area contributed by atoms with Crippen LogP contribution in [-0.4, -0.2) is 54.6 Å². The van der Waals surface area contributed by atoms with Gasteiger partial charge in [-0.1, -0.05) is 36.7 Å². The normalized spacial score (nSPS) is 34.5. The van der Waals surface area contributed by atoms with Crippen molar-refractivity contribution in [2.45, 2.75) is 69.5 Å². The van der Waals surface area contributed by atoms with E-state index in [-0.39, 0.29) is 22.5 Å². The number of hydrogen-bond acceptors (Lipinski definition) is 5. The zero-order valence-corrected chi connectivity index (χ0v) is 27.9. The number of nitrogens with one attached hydrogen (secondary N) is 1. The molecule has 7 atom stereocenters. The van der Waals surface area contributed by atoms with E-state index >= 15 is 0 Å². The molecule has 1 spiro atoms. The average Bonchev–Trinajstić information content (AvgIpc) is 3.13. The fourth-order valence-electron chi connectivity index (χ4n) is 7.83. The van der Waals surface area contributed by atoms with Gasteiger partial charge < -0.3 is 14.4 Å². The lowest BCUT2D eigenvalue weighted by molar-refractivity contribution is 0.0982. The molecule has 0 saturated heterocycles. The van der Waals surface area contributed by atoms with Crippen LogP contribution >= 0.6 is 11.6 Å². The van der Waals surface area contributed by atoms with Crippen LogP contribution in [0.1, 0.15) is 73.9 Å².